The lowest BCUT2D eigenvalue weighted by atomic mass is 10.0. The lowest BCUT2D eigenvalue weighted by Crippen LogP contribution is -2.44. The average Bonchev–Trinajstić information content (AvgIpc) is 2.30. The third-order valence-corrected chi connectivity index (χ3v) is 2.98. The number of amides is 1. The summed E-state index contributed by atoms with van der Waals surface area (Å²) in [6, 6.07) is 7.80. The highest BCUT2D eigenvalue weighted by Crippen LogP contribution is 2.07. The molecule has 0 saturated heterocycles. The Balaban J connectivity index is 0.00000289. The first-order valence-electron chi connectivity index (χ1n) is 6.10. The van der Waals surface area contributed by atoms with E-state index >= 15 is 0 Å². The third-order valence-electron chi connectivity index (χ3n) is 2.98. The molecule has 0 aliphatic carbocycles. The third kappa shape index (κ3) is 5.07. The van der Waals surface area contributed by atoms with Gasteiger partial charge >= 0.3 is 0 Å². The Kier molecular flexibility index (Phi) is 7.64. The Labute approximate surface area is 116 Å². The summed E-state index contributed by atoms with van der Waals surface area (Å²) in [5.41, 5.74) is 8.29. The SMILES string of the molecule is Cc1ccccc1CCNC(=O)[C@H](N)C(C)C.Cl. The zero-order valence-corrected chi connectivity index (χ0v) is 12.1. The van der Waals surface area contributed by atoms with Crippen molar-refractivity contribution in [2.45, 2.75) is 33.2 Å². The normalized spacial score (nSPS) is 11.8. The lowest BCUT2D eigenvalue weighted by molar-refractivity contribution is -0.123. The molecule has 1 rings (SSSR count). The van der Waals surface area contributed by atoms with Gasteiger partial charge in [0.05, 0.1) is 6.04 Å². The summed E-state index contributed by atoms with van der Waals surface area (Å²) in [4.78, 5) is 11.6. The molecule has 0 aliphatic rings. The van der Waals surface area contributed by atoms with Gasteiger partial charge in [-0.3, -0.25) is 4.79 Å². The zero-order valence-electron chi connectivity index (χ0n) is 11.3. The van der Waals surface area contributed by atoms with E-state index in [2.05, 4.69) is 24.4 Å². The molecule has 1 aromatic carbocycles. The van der Waals surface area contributed by atoms with Gasteiger partial charge < -0.3 is 11.1 Å². The van der Waals surface area contributed by atoms with E-state index in [9.17, 15) is 4.79 Å². The van der Waals surface area contributed by atoms with Gasteiger partial charge in [-0.05, 0) is 30.4 Å². The maximum atomic E-state index is 11.6. The molecule has 0 spiro atoms. The summed E-state index contributed by atoms with van der Waals surface area (Å²) in [5.74, 6) is 0.113. The summed E-state index contributed by atoms with van der Waals surface area (Å²) < 4.78 is 0. The standard InChI is InChI=1S/C14H22N2O.ClH/c1-10(2)13(15)14(17)16-9-8-12-7-5-4-6-11(12)3;/h4-7,10,13H,8-9,15H2,1-3H3,(H,16,17);1H/t13-;/m1./s1. The first-order chi connectivity index (χ1) is 8.02. The van der Waals surface area contributed by atoms with Gasteiger partial charge in [0.1, 0.15) is 0 Å². The van der Waals surface area contributed by atoms with Gasteiger partial charge in [-0.25, -0.2) is 0 Å². The molecule has 1 aromatic rings. The van der Waals surface area contributed by atoms with Crippen LogP contribution in [0.3, 0.4) is 0 Å². The first kappa shape index (κ1) is 16.9. The Morgan fingerprint density at radius 3 is 2.50 bits per heavy atom. The van der Waals surface area contributed by atoms with E-state index in [1.54, 1.807) is 0 Å². The van der Waals surface area contributed by atoms with Gasteiger partial charge in [0.25, 0.3) is 0 Å². The molecule has 102 valence electrons. The molecule has 0 heterocycles. The average molecular weight is 271 g/mol. The van der Waals surface area contributed by atoms with Crippen molar-refractivity contribution in [3.05, 3.63) is 35.4 Å². The summed E-state index contributed by atoms with van der Waals surface area (Å²) in [5, 5.41) is 2.88. The Morgan fingerprint density at radius 2 is 1.94 bits per heavy atom. The second-order valence-electron chi connectivity index (χ2n) is 4.74. The van der Waals surface area contributed by atoms with Crippen LogP contribution in [0.5, 0.6) is 0 Å². The number of nitrogens with one attached hydrogen (secondary N) is 1. The molecule has 18 heavy (non-hydrogen) atoms. The van der Waals surface area contributed by atoms with Crippen LogP contribution in [0.25, 0.3) is 0 Å². The van der Waals surface area contributed by atoms with Crippen LogP contribution in [0.4, 0.5) is 0 Å². The topological polar surface area (TPSA) is 55.1 Å². The van der Waals surface area contributed by atoms with Crippen LogP contribution in [0.15, 0.2) is 24.3 Å². The molecule has 0 aromatic heterocycles. The Bertz CT molecular complexity index is 380. The minimum atomic E-state index is -0.410. The van der Waals surface area contributed by atoms with Crippen molar-refractivity contribution >= 4 is 18.3 Å². The highest BCUT2D eigenvalue weighted by molar-refractivity contribution is 5.85. The molecule has 0 bridgehead atoms. The van der Waals surface area contributed by atoms with Gasteiger partial charge in [0.15, 0.2) is 0 Å². The van der Waals surface area contributed by atoms with E-state index in [0.29, 0.717) is 6.54 Å². The van der Waals surface area contributed by atoms with Crippen LogP contribution >= 0.6 is 12.4 Å². The molecule has 4 heteroatoms. The van der Waals surface area contributed by atoms with Crippen molar-refractivity contribution in [1.29, 1.82) is 0 Å². The fourth-order valence-electron chi connectivity index (χ4n) is 1.63. The van der Waals surface area contributed by atoms with E-state index in [1.807, 2.05) is 26.0 Å². The van der Waals surface area contributed by atoms with Crippen LogP contribution in [0.1, 0.15) is 25.0 Å². The van der Waals surface area contributed by atoms with Gasteiger partial charge in [-0.2, -0.15) is 0 Å². The van der Waals surface area contributed by atoms with Crippen molar-refractivity contribution in [3.63, 3.8) is 0 Å². The minimum absolute atomic E-state index is 0. The molecule has 0 saturated carbocycles. The molecule has 0 unspecified atom stereocenters. The van der Waals surface area contributed by atoms with Gasteiger partial charge in [0.2, 0.25) is 5.91 Å². The maximum absolute atomic E-state index is 11.6. The number of nitrogens with two attached hydrogens (primary N) is 1. The summed E-state index contributed by atoms with van der Waals surface area (Å²) in [6.07, 6.45) is 0.850. The fourth-order valence-corrected chi connectivity index (χ4v) is 1.63. The summed E-state index contributed by atoms with van der Waals surface area (Å²) in [7, 11) is 0. The Morgan fingerprint density at radius 1 is 1.33 bits per heavy atom. The number of rotatable bonds is 5. The van der Waals surface area contributed by atoms with Crippen LogP contribution in [-0.2, 0) is 11.2 Å². The molecule has 1 atom stereocenters. The number of carbonyl (C=O) groups excluding carboxylic acids is 1. The lowest BCUT2D eigenvalue weighted by Gasteiger charge is -2.15. The zero-order chi connectivity index (χ0) is 12.8. The van der Waals surface area contributed by atoms with Crippen molar-refractivity contribution in [3.8, 4) is 0 Å². The number of aryl methyl sites for hydroxylation is 1. The molecule has 1 amide bonds. The number of hydrogen-bond donors (Lipinski definition) is 2. The predicted molar refractivity (Wildman–Crippen MR) is 78.0 cm³/mol. The van der Waals surface area contributed by atoms with E-state index < -0.39 is 6.04 Å². The number of benzene rings is 1. The van der Waals surface area contributed by atoms with Crippen molar-refractivity contribution < 1.29 is 4.79 Å². The van der Waals surface area contributed by atoms with Crippen LogP contribution in [0, 0.1) is 12.8 Å². The quantitative estimate of drug-likeness (QED) is 0.861. The molecule has 0 aliphatic heterocycles. The van der Waals surface area contributed by atoms with E-state index in [1.165, 1.54) is 11.1 Å². The smallest absolute Gasteiger partial charge is 0.237 e. The monoisotopic (exact) mass is 270 g/mol. The van der Waals surface area contributed by atoms with Crippen LogP contribution in [0.2, 0.25) is 0 Å². The van der Waals surface area contributed by atoms with Crippen LogP contribution < -0.4 is 11.1 Å². The van der Waals surface area contributed by atoms with Crippen LogP contribution in [-0.4, -0.2) is 18.5 Å². The maximum Gasteiger partial charge on any atom is 0.237 e. The predicted octanol–water partition coefficient (Wildman–Crippen LogP) is 2.06. The summed E-state index contributed by atoms with van der Waals surface area (Å²) in [6.45, 7) is 6.62. The van der Waals surface area contributed by atoms with E-state index in [0.717, 1.165) is 6.42 Å². The van der Waals surface area contributed by atoms with Crippen molar-refractivity contribution in [2.75, 3.05) is 6.54 Å². The second kappa shape index (κ2) is 8.11. The van der Waals surface area contributed by atoms with E-state index in [-0.39, 0.29) is 24.2 Å². The first-order valence-corrected chi connectivity index (χ1v) is 6.10. The molecular weight excluding hydrogens is 248 g/mol. The van der Waals surface area contributed by atoms with E-state index in [4.69, 9.17) is 5.73 Å². The fraction of sp³-hybridized carbons (Fsp3) is 0.500. The highest BCUT2D eigenvalue weighted by atomic mass is 35.5. The minimum Gasteiger partial charge on any atom is -0.354 e. The second-order valence-corrected chi connectivity index (χ2v) is 4.74. The molecule has 3 nitrogen and oxygen atoms in total. The van der Waals surface area contributed by atoms with Gasteiger partial charge in [-0.15, -0.1) is 12.4 Å². The van der Waals surface area contributed by atoms with Gasteiger partial charge in [-0.1, -0.05) is 38.1 Å². The number of halogens is 1. The molecule has 3 N–H and O–H groups in total. The number of carbonyl (C=O) groups is 1. The summed E-state index contributed by atoms with van der Waals surface area (Å²) >= 11 is 0. The molecule has 0 radical (unpaired) electrons. The van der Waals surface area contributed by atoms with Gasteiger partial charge in [0, 0.05) is 6.54 Å². The van der Waals surface area contributed by atoms with Crippen molar-refractivity contribution in [1.82, 2.24) is 5.32 Å². The molecular formula is C14H23ClN2O. The largest absolute Gasteiger partial charge is 0.354 e. The number of hydrogen-bond acceptors (Lipinski definition) is 2. The Hall–Kier alpha value is -1.06. The highest BCUT2D eigenvalue weighted by Gasteiger charge is 2.16. The molecule has 0 fully saturated rings. The van der Waals surface area contributed by atoms with Crippen molar-refractivity contribution in [2.24, 2.45) is 11.7 Å².